The number of pyridine rings is 1. The monoisotopic (exact) mass is 758 g/mol. The molecular weight excluding hydrogens is 718 g/mol. The van der Waals surface area contributed by atoms with Crippen LogP contribution >= 0.6 is 11.6 Å². The summed E-state index contributed by atoms with van der Waals surface area (Å²) in [5, 5.41) is 26.4. The summed E-state index contributed by atoms with van der Waals surface area (Å²) in [6.45, 7) is 4.15. The predicted molar refractivity (Wildman–Crippen MR) is 201 cm³/mol. The summed E-state index contributed by atoms with van der Waals surface area (Å²) in [7, 11) is 1.54. The summed E-state index contributed by atoms with van der Waals surface area (Å²) in [4.78, 5) is 35.7. The fourth-order valence-corrected chi connectivity index (χ4v) is 7.61. The number of carbonyl (C=O) groups is 1. The van der Waals surface area contributed by atoms with Gasteiger partial charge in [-0.3, -0.25) is 19.7 Å². The van der Waals surface area contributed by atoms with Gasteiger partial charge < -0.3 is 25.6 Å². The molecule has 0 unspecified atom stereocenters. The molecule has 2 aromatic carbocycles. The molecular formula is C39H41ClF2N8O4. The number of β-amino-alcohol motifs (C(OH)–C–C–N with tert-alkyl or cyclic N) is 1. The summed E-state index contributed by atoms with van der Waals surface area (Å²) in [5.74, 6) is -1.11. The van der Waals surface area contributed by atoms with Gasteiger partial charge >= 0.3 is 5.97 Å². The molecule has 15 heteroatoms. The van der Waals surface area contributed by atoms with Crippen LogP contribution in [-0.2, 0) is 17.9 Å². The lowest BCUT2D eigenvalue weighted by molar-refractivity contribution is -0.142. The number of rotatable bonds is 12. The van der Waals surface area contributed by atoms with E-state index in [-0.39, 0.29) is 23.9 Å². The molecule has 7 rings (SSSR count). The Hall–Kier alpha value is -4.89. The van der Waals surface area contributed by atoms with Gasteiger partial charge in [0.05, 0.1) is 41.6 Å². The van der Waals surface area contributed by atoms with Crippen LogP contribution in [0, 0.1) is 12.8 Å². The number of halogens is 3. The number of likely N-dealkylation sites (tertiary alicyclic amines) is 1. The van der Waals surface area contributed by atoms with E-state index in [1.807, 2.05) is 43.3 Å². The van der Waals surface area contributed by atoms with Gasteiger partial charge in [-0.1, -0.05) is 41.9 Å². The summed E-state index contributed by atoms with van der Waals surface area (Å²) in [6, 6.07) is 13.2. The van der Waals surface area contributed by atoms with E-state index in [2.05, 4.69) is 35.5 Å². The highest BCUT2D eigenvalue weighted by atomic mass is 35.5. The number of hydrogen-bond acceptors (Lipinski definition) is 11. The number of carboxylic acid groups (broad SMARTS) is 1. The second kappa shape index (κ2) is 16.2. The van der Waals surface area contributed by atoms with Gasteiger partial charge in [0.25, 0.3) is 6.43 Å². The van der Waals surface area contributed by atoms with E-state index in [0.29, 0.717) is 83.5 Å². The maximum Gasteiger partial charge on any atom is 0.306 e. The van der Waals surface area contributed by atoms with Crippen LogP contribution in [0.2, 0.25) is 5.02 Å². The Labute approximate surface area is 316 Å². The second-order valence-electron chi connectivity index (χ2n) is 13.9. The Morgan fingerprint density at radius 3 is 2.50 bits per heavy atom. The van der Waals surface area contributed by atoms with Crippen molar-refractivity contribution in [2.45, 2.75) is 70.7 Å². The first kappa shape index (κ1) is 37.4. The lowest BCUT2D eigenvalue weighted by Gasteiger charge is -2.27. The van der Waals surface area contributed by atoms with Gasteiger partial charge in [0, 0.05) is 55.2 Å². The number of ether oxygens (including phenoxy) is 1. The van der Waals surface area contributed by atoms with Crippen molar-refractivity contribution in [1.82, 2.24) is 35.1 Å². The largest absolute Gasteiger partial charge is 0.481 e. The molecule has 2 aliphatic rings. The number of aromatic nitrogens is 5. The van der Waals surface area contributed by atoms with E-state index >= 15 is 0 Å². The smallest absolute Gasteiger partial charge is 0.306 e. The number of anilines is 2. The van der Waals surface area contributed by atoms with Gasteiger partial charge in [-0.05, 0) is 67.9 Å². The van der Waals surface area contributed by atoms with Crippen LogP contribution < -0.4 is 15.4 Å². The second-order valence-corrected chi connectivity index (χ2v) is 14.2. The third-order valence-corrected chi connectivity index (χ3v) is 10.7. The molecule has 54 heavy (non-hydrogen) atoms. The van der Waals surface area contributed by atoms with Crippen molar-refractivity contribution in [3.63, 3.8) is 0 Å². The summed E-state index contributed by atoms with van der Waals surface area (Å²) in [6.07, 6.45) is 3.61. The van der Waals surface area contributed by atoms with E-state index in [9.17, 15) is 23.8 Å². The van der Waals surface area contributed by atoms with Gasteiger partial charge in [0.2, 0.25) is 5.88 Å². The van der Waals surface area contributed by atoms with Crippen LogP contribution in [0.1, 0.15) is 61.2 Å². The molecule has 0 radical (unpaired) electrons. The van der Waals surface area contributed by atoms with Crippen LogP contribution in [0.4, 0.5) is 20.3 Å². The Bertz CT molecular complexity index is 2170. The standard InChI is InChI=1S/C39H41ClF2N8O4/c1-21-26(5-4-8-29(21)46-36-34-30(47-37(49-36)35(41)42)15-22(16-45-34)19-50-14-13-25(51)20-50)27-6-3-7-28(33(27)40)31-17-44-32(38(48-31)54-2)18-43-24-11-9-23(10-12-24)39(52)53/h3-8,15-17,23-25,35,43,51H,9-14,18-20H2,1-2H3,(H,52,53)(H,46,47,49)/t23?,24?,25-/m1/s1. The first-order valence-electron chi connectivity index (χ1n) is 17.9. The first-order chi connectivity index (χ1) is 26.1. The van der Waals surface area contributed by atoms with Gasteiger partial charge in [-0.15, -0.1) is 0 Å². The number of nitrogens with zero attached hydrogens (tertiary/aromatic N) is 6. The van der Waals surface area contributed by atoms with Crippen molar-refractivity contribution in [3.05, 3.63) is 82.5 Å². The number of aliphatic hydroxyl groups is 1. The molecule has 1 saturated carbocycles. The maximum absolute atomic E-state index is 14.0. The van der Waals surface area contributed by atoms with Gasteiger partial charge in [-0.2, -0.15) is 0 Å². The molecule has 4 N–H and O–H groups in total. The average Bonchev–Trinajstić information content (AvgIpc) is 3.58. The number of alkyl halides is 2. The number of benzene rings is 2. The molecule has 4 heterocycles. The van der Waals surface area contributed by atoms with Crippen molar-refractivity contribution in [1.29, 1.82) is 0 Å². The van der Waals surface area contributed by atoms with Crippen LogP contribution in [0.15, 0.2) is 54.9 Å². The number of aliphatic hydroxyl groups excluding tert-OH is 1. The molecule has 1 atom stereocenters. The van der Waals surface area contributed by atoms with E-state index in [0.717, 1.165) is 41.6 Å². The summed E-state index contributed by atoms with van der Waals surface area (Å²) in [5.41, 5.74) is 6.22. The van der Waals surface area contributed by atoms with Crippen LogP contribution in [0.3, 0.4) is 0 Å². The zero-order chi connectivity index (χ0) is 37.9. The van der Waals surface area contributed by atoms with Crippen LogP contribution in [-0.4, -0.2) is 78.3 Å². The van der Waals surface area contributed by atoms with E-state index in [1.165, 1.54) is 7.11 Å². The fourth-order valence-electron chi connectivity index (χ4n) is 7.29. The van der Waals surface area contributed by atoms with E-state index < -0.39 is 18.2 Å². The zero-order valence-corrected chi connectivity index (χ0v) is 30.7. The Balaban J connectivity index is 1.13. The molecule has 1 saturated heterocycles. The van der Waals surface area contributed by atoms with Gasteiger partial charge in [0.15, 0.2) is 11.6 Å². The Kier molecular flexibility index (Phi) is 11.2. The van der Waals surface area contributed by atoms with Gasteiger partial charge in [0.1, 0.15) is 11.2 Å². The maximum atomic E-state index is 14.0. The highest BCUT2D eigenvalue weighted by Crippen LogP contribution is 2.40. The molecule has 0 amide bonds. The first-order valence-corrected chi connectivity index (χ1v) is 18.3. The summed E-state index contributed by atoms with van der Waals surface area (Å²) >= 11 is 7.10. The SMILES string of the molecule is COc1nc(-c2cccc(-c3cccc(Nc4nc(C(F)F)nc5cc(CN6CC[C@@H](O)C6)cnc45)c3C)c2Cl)cnc1CNC1CCC(C(=O)O)CC1. The topological polar surface area (TPSA) is 159 Å². The zero-order valence-electron chi connectivity index (χ0n) is 29.9. The molecule has 2 fully saturated rings. The van der Waals surface area contributed by atoms with Crippen molar-refractivity contribution in [2.24, 2.45) is 5.92 Å². The van der Waals surface area contributed by atoms with Crippen LogP contribution in [0.25, 0.3) is 33.4 Å². The van der Waals surface area contributed by atoms with Crippen molar-refractivity contribution in [3.8, 4) is 28.3 Å². The average molecular weight is 759 g/mol. The summed E-state index contributed by atoms with van der Waals surface area (Å²) < 4.78 is 33.7. The number of nitrogens with one attached hydrogen (secondary N) is 2. The third-order valence-electron chi connectivity index (χ3n) is 10.2. The predicted octanol–water partition coefficient (Wildman–Crippen LogP) is 7.10. The quantitative estimate of drug-likeness (QED) is 0.102. The lowest BCUT2D eigenvalue weighted by atomic mass is 9.86. The molecule has 282 valence electrons. The van der Waals surface area contributed by atoms with Crippen LogP contribution in [0.5, 0.6) is 5.88 Å². The molecule has 0 spiro atoms. The minimum absolute atomic E-state index is 0.156. The highest BCUT2D eigenvalue weighted by Gasteiger charge is 2.26. The van der Waals surface area contributed by atoms with Crippen molar-refractivity contribution < 1.29 is 28.5 Å². The minimum atomic E-state index is -2.89. The molecule has 3 aromatic heterocycles. The molecule has 1 aliphatic carbocycles. The normalized spacial score (nSPS) is 19.1. The number of methoxy groups -OCH3 is 1. The van der Waals surface area contributed by atoms with E-state index in [4.69, 9.17) is 21.3 Å². The van der Waals surface area contributed by atoms with Gasteiger partial charge in [-0.25, -0.2) is 23.7 Å². The lowest BCUT2D eigenvalue weighted by Crippen LogP contribution is -2.34. The molecule has 12 nitrogen and oxygen atoms in total. The molecule has 0 bridgehead atoms. The molecule has 1 aliphatic heterocycles. The molecule has 5 aromatic rings. The number of aliphatic carboxylic acids is 1. The Morgan fingerprint density at radius 2 is 1.78 bits per heavy atom. The van der Waals surface area contributed by atoms with E-state index in [1.54, 1.807) is 18.5 Å². The van der Waals surface area contributed by atoms with Crippen molar-refractivity contribution >= 4 is 40.1 Å². The number of carboxylic acids is 1. The van der Waals surface area contributed by atoms with Crippen molar-refractivity contribution in [2.75, 3.05) is 25.5 Å². The number of fused-ring (bicyclic) bond motifs is 1. The minimum Gasteiger partial charge on any atom is -0.481 e. The Morgan fingerprint density at radius 1 is 1.02 bits per heavy atom. The highest BCUT2D eigenvalue weighted by molar-refractivity contribution is 6.36. The number of hydrogen-bond donors (Lipinski definition) is 4. The third kappa shape index (κ3) is 8.11. The fraction of sp³-hybridized carbons (Fsp3) is 0.385.